The second-order valence-corrected chi connectivity index (χ2v) is 5.32. The fourth-order valence-electron chi connectivity index (χ4n) is 2.45. The summed E-state index contributed by atoms with van der Waals surface area (Å²) >= 11 is 0. The maximum absolute atomic E-state index is 11.7. The van der Waals surface area contributed by atoms with E-state index in [0.717, 1.165) is 18.8 Å². The van der Waals surface area contributed by atoms with Crippen LogP contribution < -0.4 is 10.6 Å². The van der Waals surface area contributed by atoms with Gasteiger partial charge in [0.25, 0.3) is 5.91 Å². The molecule has 6 nitrogen and oxygen atoms in total. The average Bonchev–Trinajstić information content (AvgIpc) is 2.79. The van der Waals surface area contributed by atoms with Crippen LogP contribution in [0.5, 0.6) is 0 Å². The molecule has 2 N–H and O–H groups in total. The molecule has 2 atom stereocenters. The van der Waals surface area contributed by atoms with Crippen molar-refractivity contribution in [2.75, 3.05) is 32.1 Å². The SMILES string of the molecule is CC1CC(CN)CN1c1ccc(C(=O)N(C)C)nn1. The number of amides is 1. The maximum Gasteiger partial charge on any atom is 0.273 e. The summed E-state index contributed by atoms with van der Waals surface area (Å²) in [5.41, 5.74) is 6.09. The van der Waals surface area contributed by atoms with Gasteiger partial charge in [-0.1, -0.05) is 0 Å². The van der Waals surface area contributed by atoms with E-state index in [1.807, 2.05) is 6.07 Å². The summed E-state index contributed by atoms with van der Waals surface area (Å²) in [7, 11) is 3.40. The summed E-state index contributed by atoms with van der Waals surface area (Å²) in [5, 5.41) is 8.19. The number of carbonyl (C=O) groups excluding carboxylic acids is 1. The Morgan fingerprint density at radius 1 is 1.47 bits per heavy atom. The highest BCUT2D eigenvalue weighted by Gasteiger charge is 2.29. The highest BCUT2D eigenvalue weighted by Crippen LogP contribution is 2.26. The number of nitrogens with two attached hydrogens (primary N) is 1. The smallest absolute Gasteiger partial charge is 0.273 e. The van der Waals surface area contributed by atoms with E-state index in [1.165, 1.54) is 4.90 Å². The molecule has 6 heteroatoms. The molecule has 0 bridgehead atoms. The summed E-state index contributed by atoms with van der Waals surface area (Å²) in [4.78, 5) is 15.4. The van der Waals surface area contributed by atoms with Crippen LogP contribution in [0.2, 0.25) is 0 Å². The molecule has 104 valence electrons. The van der Waals surface area contributed by atoms with Gasteiger partial charge in [0.05, 0.1) is 0 Å². The minimum absolute atomic E-state index is 0.131. The first kappa shape index (κ1) is 13.7. The number of rotatable bonds is 3. The Labute approximate surface area is 113 Å². The molecular weight excluding hydrogens is 242 g/mol. The zero-order valence-corrected chi connectivity index (χ0v) is 11.7. The van der Waals surface area contributed by atoms with Crippen LogP contribution in [0.15, 0.2) is 12.1 Å². The number of carbonyl (C=O) groups is 1. The summed E-state index contributed by atoms with van der Waals surface area (Å²) < 4.78 is 0. The average molecular weight is 263 g/mol. The predicted octanol–water partition coefficient (Wildman–Crippen LogP) is 0.352. The summed E-state index contributed by atoms with van der Waals surface area (Å²) in [6.45, 7) is 3.77. The standard InChI is InChI=1S/C13H21N5O/c1-9-6-10(7-14)8-18(9)12-5-4-11(15-16-12)13(19)17(2)3/h4-5,9-10H,6-8,14H2,1-3H3. The molecule has 0 aliphatic carbocycles. The Morgan fingerprint density at radius 3 is 2.68 bits per heavy atom. The minimum atomic E-state index is -0.131. The van der Waals surface area contributed by atoms with Crippen molar-refractivity contribution in [3.63, 3.8) is 0 Å². The Morgan fingerprint density at radius 2 is 2.21 bits per heavy atom. The number of hydrogen-bond acceptors (Lipinski definition) is 5. The summed E-state index contributed by atoms with van der Waals surface area (Å²) in [6.07, 6.45) is 1.08. The third kappa shape index (κ3) is 2.84. The molecule has 1 aliphatic heterocycles. The number of anilines is 1. The van der Waals surface area contributed by atoms with E-state index < -0.39 is 0 Å². The Kier molecular flexibility index (Phi) is 3.99. The fourth-order valence-corrected chi connectivity index (χ4v) is 2.45. The zero-order chi connectivity index (χ0) is 14.0. The van der Waals surface area contributed by atoms with Gasteiger partial charge in [0.2, 0.25) is 0 Å². The van der Waals surface area contributed by atoms with Crippen LogP contribution in [0.1, 0.15) is 23.8 Å². The van der Waals surface area contributed by atoms with Gasteiger partial charge in [-0.05, 0) is 37.9 Å². The summed E-state index contributed by atoms with van der Waals surface area (Å²) in [6, 6.07) is 4.00. The van der Waals surface area contributed by atoms with Gasteiger partial charge in [-0.2, -0.15) is 0 Å². The van der Waals surface area contributed by atoms with Crippen LogP contribution in [0.3, 0.4) is 0 Å². The third-order valence-electron chi connectivity index (χ3n) is 3.56. The first-order valence-electron chi connectivity index (χ1n) is 6.55. The monoisotopic (exact) mass is 263 g/mol. The van der Waals surface area contributed by atoms with Crippen molar-refractivity contribution in [1.29, 1.82) is 0 Å². The van der Waals surface area contributed by atoms with Gasteiger partial charge in [0.15, 0.2) is 11.5 Å². The highest BCUT2D eigenvalue weighted by atomic mass is 16.2. The molecule has 0 spiro atoms. The molecule has 1 amide bonds. The van der Waals surface area contributed by atoms with Gasteiger partial charge in [-0.15, -0.1) is 10.2 Å². The van der Waals surface area contributed by atoms with Gasteiger partial charge >= 0.3 is 0 Å². The van der Waals surface area contributed by atoms with Crippen molar-refractivity contribution < 1.29 is 4.79 Å². The lowest BCUT2D eigenvalue weighted by atomic mass is 10.1. The largest absolute Gasteiger partial charge is 0.352 e. The van der Waals surface area contributed by atoms with Gasteiger partial charge in [-0.3, -0.25) is 4.79 Å². The molecule has 1 aliphatic rings. The van der Waals surface area contributed by atoms with Gasteiger partial charge in [0, 0.05) is 26.7 Å². The van der Waals surface area contributed by atoms with Crippen LogP contribution >= 0.6 is 0 Å². The van der Waals surface area contributed by atoms with Crippen molar-refractivity contribution in [1.82, 2.24) is 15.1 Å². The van der Waals surface area contributed by atoms with Crippen molar-refractivity contribution in [2.24, 2.45) is 11.7 Å². The molecule has 2 unspecified atom stereocenters. The number of nitrogens with zero attached hydrogens (tertiary/aromatic N) is 4. The first-order chi connectivity index (χ1) is 9.02. The van der Waals surface area contributed by atoms with Crippen LogP contribution in [-0.4, -0.2) is 54.2 Å². The number of hydrogen-bond donors (Lipinski definition) is 1. The van der Waals surface area contributed by atoms with Crippen LogP contribution in [0, 0.1) is 5.92 Å². The lowest BCUT2D eigenvalue weighted by Crippen LogP contribution is -2.29. The van der Waals surface area contributed by atoms with Crippen molar-refractivity contribution in [3.05, 3.63) is 17.8 Å². The molecule has 1 aromatic heterocycles. The Bertz CT molecular complexity index is 445. The second kappa shape index (κ2) is 5.52. The lowest BCUT2D eigenvalue weighted by Gasteiger charge is -2.22. The Hall–Kier alpha value is -1.69. The zero-order valence-electron chi connectivity index (χ0n) is 11.7. The lowest BCUT2D eigenvalue weighted by molar-refractivity contribution is 0.0821. The van der Waals surface area contributed by atoms with Gasteiger partial charge < -0.3 is 15.5 Å². The van der Waals surface area contributed by atoms with E-state index in [9.17, 15) is 4.79 Å². The fraction of sp³-hybridized carbons (Fsp3) is 0.615. The Balaban J connectivity index is 2.13. The van der Waals surface area contributed by atoms with Gasteiger partial charge in [0.1, 0.15) is 0 Å². The van der Waals surface area contributed by atoms with E-state index in [4.69, 9.17) is 5.73 Å². The molecule has 1 fully saturated rings. The molecule has 0 radical (unpaired) electrons. The molecular formula is C13H21N5O. The molecule has 19 heavy (non-hydrogen) atoms. The molecule has 0 saturated carbocycles. The van der Waals surface area contributed by atoms with E-state index in [1.54, 1.807) is 20.2 Å². The van der Waals surface area contributed by atoms with E-state index in [0.29, 0.717) is 24.2 Å². The molecule has 2 heterocycles. The minimum Gasteiger partial charge on any atom is -0.352 e. The predicted molar refractivity (Wildman–Crippen MR) is 74.0 cm³/mol. The van der Waals surface area contributed by atoms with Crippen molar-refractivity contribution >= 4 is 11.7 Å². The molecule has 1 saturated heterocycles. The topological polar surface area (TPSA) is 75.3 Å². The maximum atomic E-state index is 11.7. The first-order valence-corrected chi connectivity index (χ1v) is 6.55. The van der Waals surface area contributed by atoms with Crippen molar-refractivity contribution in [3.8, 4) is 0 Å². The molecule has 2 rings (SSSR count). The third-order valence-corrected chi connectivity index (χ3v) is 3.56. The van der Waals surface area contributed by atoms with E-state index in [-0.39, 0.29) is 5.91 Å². The van der Waals surface area contributed by atoms with E-state index in [2.05, 4.69) is 22.0 Å². The van der Waals surface area contributed by atoms with Crippen LogP contribution in [0.4, 0.5) is 5.82 Å². The van der Waals surface area contributed by atoms with Gasteiger partial charge in [-0.25, -0.2) is 0 Å². The molecule has 0 aromatic carbocycles. The van der Waals surface area contributed by atoms with Crippen LogP contribution in [0.25, 0.3) is 0 Å². The normalized spacial score (nSPS) is 22.6. The summed E-state index contributed by atoms with van der Waals surface area (Å²) in [5.74, 6) is 1.20. The van der Waals surface area contributed by atoms with Crippen molar-refractivity contribution in [2.45, 2.75) is 19.4 Å². The second-order valence-electron chi connectivity index (χ2n) is 5.32. The van der Waals surface area contributed by atoms with Crippen LogP contribution in [-0.2, 0) is 0 Å². The number of aromatic nitrogens is 2. The van der Waals surface area contributed by atoms with E-state index >= 15 is 0 Å². The highest BCUT2D eigenvalue weighted by molar-refractivity contribution is 5.91. The molecule has 1 aromatic rings. The quantitative estimate of drug-likeness (QED) is 0.851.